The summed E-state index contributed by atoms with van der Waals surface area (Å²) in [6.45, 7) is 3.44. The van der Waals surface area contributed by atoms with Crippen molar-refractivity contribution in [2.45, 2.75) is 11.1 Å². The molecule has 0 bridgehead atoms. The van der Waals surface area contributed by atoms with Gasteiger partial charge >= 0.3 is 48.9 Å². The van der Waals surface area contributed by atoms with Gasteiger partial charge in [-0.1, -0.05) is 0 Å². The molecule has 0 spiro atoms. The molecule has 0 aliphatic rings. The maximum atomic E-state index is 10.6. The molecule has 0 aliphatic heterocycles. The molecule has 0 aromatic heterocycles. The van der Waals surface area contributed by atoms with Crippen LogP contribution in [0.25, 0.3) is 0 Å². The molecule has 6 heteroatoms. The van der Waals surface area contributed by atoms with Gasteiger partial charge in [0, 0.05) is 0 Å². The van der Waals surface area contributed by atoms with Crippen LogP contribution in [-0.4, -0.2) is 17.3 Å². The molecule has 0 aromatic rings. The smallest absolute Gasteiger partial charge is 0.475 e. The molecule has 0 rings (SSSR count). The molecule has 0 aromatic carbocycles. The van der Waals surface area contributed by atoms with Crippen molar-refractivity contribution in [2.24, 2.45) is 0 Å². The molecule has 0 heterocycles. The minimum atomic E-state index is -5.08. The number of halogens is 3. The molecule has 0 fully saturated rings. The van der Waals surface area contributed by atoms with E-state index in [-0.39, 0.29) is 0 Å². The first kappa shape index (κ1) is 13.3. The summed E-state index contributed by atoms with van der Waals surface area (Å²) in [6, 6.07) is 0. The monoisotopic (exact) mass is 261 g/mol. The van der Waals surface area contributed by atoms with Gasteiger partial charge in [-0.05, 0) is 0 Å². The van der Waals surface area contributed by atoms with E-state index in [1.165, 1.54) is 0 Å². The van der Waals surface area contributed by atoms with E-state index in [9.17, 15) is 13.2 Å². The van der Waals surface area contributed by atoms with Crippen molar-refractivity contribution in [3.63, 3.8) is 0 Å². The van der Waals surface area contributed by atoms with E-state index in [2.05, 4.69) is 25.8 Å². The van der Waals surface area contributed by atoms with Crippen LogP contribution in [0.3, 0.4) is 0 Å². The van der Waals surface area contributed by atoms with Crippen LogP contribution in [0.5, 0.6) is 0 Å². The van der Waals surface area contributed by atoms with Crippen LogP contribution in [0.2, 0.25) is 4.89 Å². The minimum absolute atomic E-state index is 0.933. The number of alkyl halides is 3. The maximum absolute atomic E-state index is 10.6. The first-order chi connectivity index (χ1) is 4.86. The van der Waals surface area contributed by atoms with E-state index < -0.39 is 12.1 Å². The van der Waals surface area contributed by atoms with E-state index in [0.717, 1.165) is 4.89 Å². The van der Waals surface area contributed by atoms with Crippen molar-refractivity contribution in [1.82, 2.24) is 0 Å². The molecule has 11 heavy (non-hydrogen) atoms. The van der Waals surface area contributed by atoms with Gasteiger partial charge in [-0.2, -0.15) is 13.2 Å². The number of hydrogen-bond donors (Lipinski definition) is 1. The SMILES string of the molecule is C=C[CH2][Pd].O=C(O)C(F)(F)F. The average molecular weight is 262 g/mol. The second kappa shape index (κ2) is 6.38. The van der Waals surface area contributed by atoms with Gasteiger partial charge in [0.25, 0.3) is 0 Å². The number of carboxylic acids is 1. The molecule has 2 nitrogen and oxygen atoms in total. The van der Waals surface area contributed by atoms with Crippen molar-refractivity contribution in [1.29, 1.82) is 0 Å². The first-order valence-corrected chi connectivity index (χ1v) is 3.38. The van der Waals surface area contributed by atoms with E-state index >= 15 is 0 Å². The van der Waals surface area contributed by atoms with Gasteiger partial charge < -0.3 is 5.11 Å². The Labute approximate surface area is 72.5 Å². The number of aliphatic carboxylic acids is 1. The van der Waals surface area contributed by atoms with Crippen LogP contribution in [0.4, 0.5) is 13.2 Å². The zero-order valence-electron chi connectivity index (χ0n) is 5.30. The fourth-order valence-electron chi connectivity index (χ4n) is 0. The van der Waals surface area contributed by atoms with E-state index in [0.29, 0.717) is 0 Å². The molecule has 69 valence electrons. The fraction of sp³-hybridized carbons (Fsp3) is 0.400. The molecule has 0 saturated carbocycles. The Balaban J connectivity index is 0. The van der Waals surface area contributed by atoms with Gasteiger partial charge in [-0.3, -0.25) is 0 Å². The van der Waals surface area contributed by atoms with E-state index in [1.807, 2.05) is 6.08 Å². The van der Waals surface area contributed by atoms with Gasteiger partial charge in [-0.25, -0.2) is 4.79 Å². The largest absolute Gasteiger partial charge is 0.490 e. The quantitative estimate of drug-likeness (QED) is 0.577. The van der Waals surface area contributed by atoms with Gasteiger partial charge in [0.05, 0.1) is 0 Å². The first-order valence-electron chi connectivity index (χ1n) is 2.28. The summed E-state index contributed by atoms with van der Waals surface area (Å²) < 4.78 is 31.7. The normalized spacial score (nSPS) is 9.55. The molecule has 1 N–H and O–H groups in total. The van der Waals surface area contributed by atoms with Crippen LogP contribution in [0.15, 0.2) is 12.7 Å². The number of allylic oxidation sites excluding steroid dienone is 1. The average Bonchev–Trinajstić information content (AvgIpc) is 1.87. The topological polar surface area (TPSA) is 37.3 Å². The van der Waals surface area contributed by atoms with Crippen molar-refractivity contribution in [3.05, 3.63) is 12.7 Å². The summed E-state index contributed by atoms with van der Waals surface area (Å²) in [4.78, 5) is 9.83. The zero-order valence-corrected chi connectivity index (χ0v) is 6.85. The number of rotatable bonds is 1. The fourth-order valence-corrected chi connectivity index (χ4v) is 0. The summed E-state index contributed by atoms with van der Waals surface area (Å²) in [5, 5.41) is 7.12. The second-order valence-corrected chi connectivity index (χ2v) is 1.86. The number of hydrogen-bond acceptors (Lipinski definition) is 1. The summed E-state index contributed by atoms with van der Waals surface area (Å²) in [5.74, 6) is -2.76. The Morgan fingerprint density at radius 2 is 1.82 bits per heavy atom. The van der Waals surface area contributed by atoms with Crippen LogP contribution >= 0.6 is 0 Å². The Hall–Kier alpha value is -0.338. The maximum Gasteiger partial charge on any atom is 0.490 e. The molecular weight excluding hydrogens is 255 g/mol. The van der Waals surface area contributed by atoms with Crippen molar-refractivity contribution < 1.29 is 42.3 Å². The molecule has 0 saturated heterocycles. The van der Waals surface area contributed by atoms with Gasteiger partial charge in [0.2, 0.25) is 0 Å². The van der Waals surface area contributed by atoms with Crippen LogP contribution in [-0.2, 0) is 24.0 Å². The predicted molar refractivity (Wildman–Crippen MR) is 28.7 cm³/mol. The number of carbonyl (C=O) groups is 1. The summed E-state index contributed by atoms with van der Waals surface area (Å²) in [5.41, 5.74) is 0. The van der Waals surface area contributed by atoms with Crippen LogP contribution in [0.1, 0.15) is 0 Å². The van der Waals surface area contributed by atoms with Crippen LogP contribution < -0.4 is 0 Å². The zero-order chi connectivity index (χ0) is 9.49. The van der Waals surface area contributed by atoms with Crippen molar-refractivity contribution in [2.75, 3.05) is 0 Å². The van der Waals surface area contributed by atoms with Gasteiger partial charge in [0.1, 0.15) is 0 Å². The van der Waals surface area contributed by atoms with E-state index in [1.54, 1.807) is 0 Å². The van der Waals surface area contributed by atoms with Gasteiger partial charge in [0.15, 0.2) is 0 Å². The minimum Gasteiger partial charge on any atom is -0.475 e. The Morgan fingerprint density at radius 1 is 1.64 bits per heavy atom. The van der Waals surface area contributed by atoms with Crippen molar-refractivity contribution >= 4 is 5.97 Å². The van der Waals surface area contributed by atoms with Crippen LogP contribution in [0, 0.1) is 0 Å². The molecule has 0 aliphatic carbocycles. The predicted octanol–water partition coefficient (Wildman–Crippen LogP) is 1.77. The van der Waals surface area contributed by atoms with Crippen molar-refractivity contribution in [3.8, 4) is 0 Å². The number of carboxylic acid groups (broad SMARTS) is 1. The Bertz CT molecular complexity index is 132. The summed E-state index contributed by atoms with van der Waals surface area (Å²) >= 11 is 2.92. The Morgan fingerprint density at radius 3 is 1.82 bits per heavy atom. The molecular formula is C5H6F3O2Pd. The second-order valence-electron chi connectivity index (χ2n) is 1.22. The molecule has 0 unspecified atom stereocenters. The summed E-state index contributed by atoms with van der Waals surface area (Å²) in [7, 11) is 0. The van der Waals surface area contributed by atoms with E-state index in [4.69, 9.17) is 9.90 Å². The summed E-state index contributed by atoms with van der Waals surface area (Å²) in [6.07, 6.45) is -3.28. The standard InChI is InChI=1S/C3H5.C2HF3O2.Pd/c1-3-2;3-2(4,5)1(6)7;/h3H,1-2H2;(H,6,7);. The molecule has 0 atom stereocenters. The Kier molecular flexibility index (Phi) is 7.69. The molecule has 0 amide bonds. The third-order valence-corrected chi connectivity index (χ3v) is 0.783. The van der Waals surface area contributed by atoms with Gasteiger partial charge in [-0.15, -0.1) is 0 Å². The molecule has 0 radical (unpaired) electrons. The third-order valence-electron chi connectivity index (χ3n) is 0.334. The third kappa shape index (κ3) is 12.8.